The van der Waals surface area contributed by atoms with Crippen molar-refractivity contribution < 1.29 is 4.74 Å². The van der Waals surface area contributed by atoms with Gasteiger partial charge in [0.05, 0.1) is 6.61 Å². The van der Waals surface area contributed by atoms with Crippen molar-refractivity contribution in [3.05, 3.63) is 29.3 Å². The molecule has 0 aliphatic rings. The molecule has 1 aromatic carbocycles. The van der Waals surface area contributed by atoms with E-state index < -0.39 is 0 Å². The first kappa shape index (κ1) is 17.6. The summed E-state index contributed by atoms with van der Waals surface area (Å²) in [6.45, 7) is 13.9. The highest BCUT2D eigenvalue weighted by Crippen LogP contribution is 2.32. The molecule has 0 unspecified atom stereocenters. The molecular weight excluding hydrogens is 256 g/mol. The third-order valence-corrected chi connectivity index (χ3v) is 3.26. The average molecular weight is 286 g/mol. The largest absolute Gasteiger partial charge is 0.493 e. The number of hydrogen-bond donors (Lipinski definition) is 0. The molecule has 0 aliphatic heterocycles. The van der Waals surface area contributed by atoms with Crippen LogP contribution in [0.3, 0.4) is 0 Å². The lowest BCUT2D eigenvalue weighted by atomic mass is 9.85. The highest BCUT2D eigenvalue weighted by atomic mass is 16.5. The van der Waals surface area contributed by atoms with Crippen molar-refractivity contribution in [1.82, 2.24) is 0 Å². The standard InChI is InChI=1S/C20H30O/c1-7-8-9-10-11-17-12-13-19(21-15-16(2)3)18(14-17)20(4,5)6/h12-14,16H,7,10-11,15H2,1-6H3. The van der Waals surface area contributed by atoms with Crippen molar-refractivity contribution in [1.29, 1.82) is 0 Å². The van der Waals surface area contributed by atoms with Crippen molar-refractivity contribution in [3.63, 3.8) is 0 Å². The molecule has 0 heterocycles. The van der Waals surface area contributed by atoms with Gasteiger partial charge in [-0.15, -0.1) is 11.8 Å². The van der Waals surface area contributed by atoms with Crippen LogP contribution in [-0.4, -0.2) is 6.61 Å². The smallest absolute Gasteiger partial charge is 0.123 e. The molecular formula is C20H30O. The number of ether oxygens (including phenoxy) is 1. The molecule has 1 nitrogen and oxygen atoms in total. The Kier molecular flexibility index (Phi) is 6.82. The molecule has 0 aromatic heterocycles. The molecule has 0 fully saturated rings. The minimum atomic E-state index is 0.0947. The van der Waals surface area contributed by atoms with Gasteiger partial charge in [0.1, 0.15) is 5.75 Å². The average Bonchev–Trinajstić information content (AvgIpc) is 2.41. The summed E-state index contributed by atoms with van der Waals surface area (Å²) in [4.78, 5) is 0. The van der Waals surface area contributed by atoms with Crippen LogP contribution >= 0.6 is 0 Å². The van der Waals surface area contributed by atoms with Gasteiger partial charge in [0, 0.05) is 12.8 Å². The second-order valence-corrected chi connectivity index (χ2v) is 6.99. The van der Waals surface area contributed by atoms with Crippen LogP contribution in [-0.2, 0) is 11.8 Å². The normalized spacial score (nSPS) is 11.2. The van der Waals surface area contributed by atoms with Crippen LogP contribution in [0.15, 0.2) is 18.2 Å². The van der Waals surface area contributed by atoms with Gasteiger partial charge < -0.3 is 4.74 Å². The molecule has 21 heavy (non-hydrogen) atoms. The summed E-state index contributed by atoms with van der Waals surface area (Å²) in [7, 11) is 0. The molecule has 0 aliphatic carbocycles. The zero-order chi connectivity index (χ0) is 15.9. The summed E-state index contributed by atoms with van der Waals surface area (Å²) in [5.74, 6) is 7.92. The van der Waals surface area contributed by atoms with Gasteiger partial charge in [-0.25, -0.2) is 0 Å². The van der Waals surface area contributed by atoms with E-state index in [1.807, 2.05) is 0 Å². The Bertz CT molecular complexity index is 495. The predicted molar refractivity (Wildman–Crippen MR) is 91.9 cm³/mol. The predicted octanol–water partition coefficient (Wildman–Crippen LogP) is 5.36. The van der Waals surface area contributed by atoms with Gasteiger partial charge in [-0.05, 0) is 34.9 Å². The zero-order valence-electron chi connectivity index (χ0n) is 14.5. The number of aryl methyl sites for hydroxylation is 1. The molecule has 0 amide bonds. The quantitative estimate of drug-likeness (QED) is 0.662. The molecule has 0 N–H and O–H groups in total. The number of benzene rings is 1. The molecule has 1 aromatic rings. The lowest BCUT2D eigenvalue weighted by molar-refractivity contribution is 0.265. The maximum absolute atomic E-state index is 6.00. The summed E-state index contributed by atoms with van der Waals surface area (Å²) >= 11 is 0. The Morgan fingerprint density at radius 1 is 1.14 bits per heavy atom. The van der Waals surface area contributed by atoms with Crippen molar-refractivity contribution in [2.24, 2.45) is 5.92 Å². The minimum absolute atomic E-state index is 0.0947. The molecule has 0 saturated carbocycles. The Morgan fingerprint density at radius 3 is 2.43 bits per heavy atom. The first-order valence-corrected chi connectivity index (χ1v) is 8.06. The fourth-order valence-corrected chi connectivity index (χ4v) is 2.12. The lowest BCUT2D eigenvalue weighted by Gasteiger charge is -2.24. The molecule has 1 rings (SSSR count). The van der Waals surface area contributed by atoms with E-state index in [-0.39, 0.29) is 5.41 Å². The van der Waals surface area contributed by atoms with Crippen LogP contribution in [0.2, 0.25) is 0 Å². The summed E-state index contributed by atoms with van der Waals surface area (Å²) in [6.07, 6.45) is 2.89. The molecule has 0 spiro atoms. The fourth-order valence-electron chi connectivity index (χ4n) is 2.12. The SMILES string of the molecule is CCC#CCCc1ccc(OCC(C)C)c(C(C)(C)C)c1. The topological polar surface area (TPSA) is 9.23 Å². The summed E-state index contributed by atoms with van der Waals surface area (Å²) < 4.78 is 6.00. The summed E-state index contributed by atoms with van der Waals surface area (Å²) in [5.41, 5.74) is 2.74. The fraction of sp³-hybridized carbons (Fsp3) is 0.600. The van der Waals surface area contributed by atoms with Gasteiger partial charge in [-0.1, -0.05) is 53.7 Å². The van der Waals surface area contributed by atoms with E-state index in [9.17, 15) is 0 Å². The van der Waals surface area contributed by atoms with E-state index in [1.165, 1.54) is 11.1 Å². The lowest BCUT2D eigenvalue weighted by Crippen LogP contribution is -2.15. The van der Waals surface area contributed by atoms with E-state index in [0.29, 0.717) is 5.92 Å². The highest BCUT2D eigenvalue weighted by Gasteiger charge is 2.19. The first-order valence-electron chi connectivity index (χ1n) is 8.06. The molecule has 0 atom stereocenters. The molecule has 0 saturated heterocycles. The van der Waals surface area contributed by atoms with Crippen LogP contribution in [0.5, 0.6) is 5.75 Å². The van der Waals surface area contributed by atoms with Gasteiger partial charge in [0.15, 0.2) is 0 Å². The maximum atomic E-state index is 6.00. The highest BCUT2D eigenvalue weighted by molar-refractivity contribution is 5.42. The van der Waals surface area contributed by atoms with Crippen molar-refractivity contribution in [3.8, 4) is 17.6 Å². The van der Waals surface area contributed by atoms with E-state index in [1.54, 1.807) is 0 Å². The van der Waals surface area contributed by atoms with Crippen LogP contribution < -0.4 is 4.74 Å². The van der Waals surface area contributed by atoms with Crippen LogP contribution in [0, 0.1) is 17.8 Å². The zero-order valence-corrected chi connectivity index (χ0v) is 14.5. The second kappa shape index (κ2) is 8.13. The number of rotatable bonds is 5. The van der Waals surface area contributed by atoms with Crippen LogP contribution in [0.1, 0.15) is 65.5 Å². The van der Waals surface area contributed by atoms with Crippen LogP contribution in [0.4, 0.5) is 0 Å². The van der Waals surface area contributed by atoms with Gasteiger partial charge >= 0.3 is 0 Å². The second-order valence-electron chi connectivity index (χ2n) is 6.99. The third-order valence-electron chi connectivity index (χ3n) is 3.26. The Morgan fingerprint density at radius 2 is 1.86 bits per heavy atom. The van der Waals surface area contributed by atoms with Crippen molar-refractivity contribution in [2.75, 3.05) is 6.61 Å². The molecule has 0 radical (unpaired) electrons. The van der Waals surface area contributed by atoms with Crippen molar-refractivity contribution >= 4 is 0 Å². The van der Waals surface area contributed by atoms with Gasteiger partial charge in [0.2, 0.25) is 0 Å². The number of hydrogen-bond acceptors (Lipinski definition) is 1. The maximum Gasteiger partial charge on any atom is 0.123 e. The molecule has 0 bridgehead atoms. The Balaban J connectivity index is 2.91. The minimum Gasteiger partial charge on any atom is -0.493 e. The molecule has 116 valence electrons. The van der Waals surface area contributed by atoms with Gasteiger partial charge in [-0.3, -0.25) is 0 Å². The van der Waals surface area contributed by atoms with E-state index >= 15 is 0 Å². The third kappa shape index (κ3) is 6.25. The van der Waals surface area contributed by atoms with E-state index in [4.69, 9.17) is 4.74 Å². The summed E-state index contributed by atoms with van der Waals surface area (Å²) in [6, 6.07) is 6.60. The summed E-state index contributed by atoms with van der Waals surface area (Å²) in [5, 5.41) is 0. The van der Waals surface area contributed by atoms with Gasteiger partial charge in [-0.2, -0.15) is 0 Å². The van der Waals surface area contributed by atoms with E-state index in [0.717, 1.165) is 31.6 Å². The Hall–Kier alpha value is -1.42. The molecule has 1 heteroatoms. The monoisotopic (exact) mass is 286 g/mol. The van der Waals surface area contributed by atoms with E-state index in [2.05, 4.69) is 71.6 Å². The van der Waals surface area contributed by atoms with Gasteiger partial charge in [0.25, 0.3) is 0 Å². The first-order chi connectivity index (χ1) is 9.84. The van der Waals surface area contributed by atoms with Crippen molar-refractivity contribution in [2.45, 2.75) is 66.2 Å². The van der Waals surface area contributed by atoms with Crippen LogP contribution in [0.25, 0.3) is 0 Å². The Labute approximate surface area is 131 Å².